The second-order valence-electron chi connectivity index (χ2n) is 1.90. The second kappa shape index (κ2) is 3.65. The van der Waals surface area contributed by atoms with Crippen LogP contribution in [0.25, 0.3) is 0 Å². The number of ether oxygens (including phenoxy) is 1. The van der Waals surface area contributed by atoms with Crippen LogP contribution in [0.5, 0.6) is 5.75 Å². The van der Waals surface area contributed by atoms with Gasteiger partial charge in [0.25, 0.3) is 0 Å². The highest BCUT2D eigenvalue weighted by Crippen LogP contribution is 2.34. The maximum absolute atomic E-state index is 5.83. The lowest BCUT2D eigenvalue weighted by Crippen LogP contribution is -1.84. The van der Waals surface area contributed by atoms with Crippen LogP contribution in [0.15, 0.2) is 16.6 Å². The quantitative estimate of drug-likeness (QED) is 0.695. The number of hydrogen-bond acceptors (Lipinski definition) is 1. The van der Waals surface area contributed by atoms with Gasteiger partial charge in [-0.2, -0.15) is 0 Å². The first kappa shape index (κ1) is 9.17. The van der Waals surface area contributed by atoms with Crippen LogP contribution in [-0.4, -0.2) is 7.11 Å². The molecule has 0 fully saturated rings. The average Bonchev–Trinajstić information content (AvgIpc) is 1.96. The molecule has 60 valence electrons. The van der Waals surface area contributed by atoms with E-state index in [0.29, 0.717) is 15.8 Å². The van der Waals surface area contributed by atoms with Gasteiger partial charge in [0.1, 0.15) is 5.75 Å². The highest BCUT2D eigenvalue weighted by Gasteiger charge is 2.05. The maximum atomic E-state index is 5.83. The molecule has 0 aliphatic rings. The Bertz CT molecular complexity index is 275. The molecule has 0 aliphatic carbocycles. The molecule has 0 aromatic heterocycles. The SMILES string of the molecule is COc1cc(Cl)cc(Br)c1Cl. The van der Waals surface area contributed by atoms with Crippen LogP contribution in [0.4, 0.5) is 0 Å². The van der Waals surface area contributed by atoms with E-state index in [1.165, 1.54) is 0 Å². The van der Waals surface area contributed by atoms with E-state index >= 15 is 0 Å². The molecule has 0 unspecified atom stereocenters. The summed E-state index contributed by atoms with van der Waals surface area (Å²) in [5.74, 6) is 0.575. The van der Waals surface area contributed by atoms with Crippen LogP contribution < -0.4 is 4.74 Å². The van der Waals surface area contributed by atoms with Crippen molar-refractivity contribution >= 4 is 39.1 Å². The number of methoxy groups -OCH3 is 1. The van der Waals surface area contributed by atoms with Crippen LogP contribution in [0.1, 0.15) is 0 Å². The van der Waals surface area contributed by atoms with Crippen molar-refractivity contribution in [3.05, 3.63) is 26.7 Å². The third kappa shape index (κ3) is 2.01. The molecular formula is C7H5BrCl2O. The van der Waals surface area contributed by atoms with Crippen molar-refractivity contribution in [3.63, 3.8) is 0 Å². The highest BCUT2D eigenvalue weighted by atomic mass is 79.9. The Morgan fingerprint density at radius 3 is 2.55 bits per heavy atom. The van der Waals surface area contributed by atoms with Crippen LogP contribution in [-0.2, 0) is 0 Å². The summed E-state index contributed by atoms with van der Waals surface area (Å²) < 4.78 is 5.70. The van der Waals surface area contributed by atoms with E-state index in [1.807, 2.05) is 0 Å². The fraction of sp³-hybridized carbons (Fsp3) is 0.143. The Labute approximate surface area is 83.4 Å². The number of hydrogen-bond donors (Lipinski definition) is 0. The van der Waals surface area contributed by atoms with Gasteiger partial charge in [-0.1, -0.05) is 23.2 Å². The molecule has 1 rings (SSSR count). The normalized spacial score (nSPS) is 9.82. The Balaban J connectivity index is 3.24. The number of benzene rings is 1. The summed E-state index contributed by atoms with van der Waals surface area (Å²) in [6.07, 6.45) is 0. The molecule has 0 saturated carbocycles. The molecule has 4 heteroatoms. The zero-order valence-corrected chi connectivity index (χ0v) is 8.79. The minimum atomic E-state index is 0.539. The van der Waals surface area contributed by atoms with Gasteiger partial charge in [-0.15, -0.1) is 0 Å². The minimum absolute atomic E-state index is 0.539. The summed E-state index contributed by atoms with van der Waals surface area (Å²) in [5, 5.41) is 1.13. The Morgan fingerprint density at radius 1 is 1.36 bits per heavy atom. The fourth-order valence-corrected chi connectivity index (χ4v) is 1.65. The largest absolute Gasteiger partial charge is 0.495 e. The van der Waals surface area contributed by atoms with E-state index in [-0.39, 0.29) is 0 Å². The van der Waals surface area contributed by atoms with E-state index in [1.54, 1.807) is 19.2 Å². The van der Waals surface area contributed by atoms with Gasteiger partial charge < -0.3 is 4.74 Å². The summed E-state index contributed by atoms with van der Waals surface area (Å²) >= 11 is 14.8. The third-order valence-electron chi connectivity index (χ3n) is 1.18. The topological polar surface area (TPSA) is 9.23 Å². The lowest BCUT2D eigenvalue weighted by atomic mass is 10.3. The molecule has 0 saturated heterocycles. The molecule has 1 nitrogen and oxygen atoms in total. The number of halogens is 3. The van der Waals surface area contributed by atoms with E-state index in [9.17, 15) is 0 Å². The number of rotatable bonds is 1. The van der Waals surface area contributed by atoms with Crippen molar-refractivity contribution in [3.8, 4) is 5.75 Å². The van der Waals surface area contributed by atoms with Crippen LogP contribution in [0.3, 0.4) is 0 Å². The van der Waals surface area contributed by atoms with Crippen molar-refractivity contribution in [1.82, 2.24) is 0 Å². The summed E-state index contributed by atoms with van der Waals surface area (Å²) in [4.78, 5) is 0. The lowest BCUT2D eigenvalue weighted by Gasteiger charge is -2.04. The molecule has 0 heterocycles. The molecule has 0 amide bonds. The van der Waals surface area contributed by atoms with E-state index < -0.39 is 0 Å². The molecule has 11 heavy (non-hydrogen) atoms. The van der Waals surface area contributed by atoms with Crippen molar-refractivity contribution in [2.75, 3.05) is 7.11 Å². The van der Waals surface area contributed by atoms with Crippen molar-refractivity contribution in [2.24, 2.45) is 0 Å². The van der Waals surface area contributed by atoms with Gasteiger partial charge in [0, 0.05) is 15.6 Å². The highest BCUT2D eigenvalue weighted by molar-refractivity contribution is 9.10. The van der Waals surface area contributed by atoms with E-state index in [4.69, 9.17) is 27.9 Å². The molecule has 0 atom stereocenters. The molecule has 1 aromatic carbocycles. The zero-order valence-electron chi connectivity index (χ0n) is 5.70. The predicted molar refractivity (Wildman–Crippen MR) is 50.7 cm³/mol. The Hall–Kier alpha value is 0.0800. The van der Waals surface area contributed by atoms with Crippen LogP contribution in [0.2, 0.25) is 10.0 Å². The third-order valence-corrected chi connectivity index (χ3v) is 2.64. The molecule has 0 aliphatic heterocycles. The summed E-state index contributed by atoms with van der Waals surface area (Å²) in [6, 6.07) is 3.38. The molecule has 0 spiro atoms. The summed E-state index contributed by atoms with van der Waals surface area (Å²) in [5.41, 5.74) is 0. The van der Waals surface area contributed by atoms with Crippen molar-refractivity contribution in [2.45, 2.75) is 0 Å². The zero-order chi connectivity index (χ0) is 8.43. The van der Waals surface area contributed by atoms with Crippen molar-refractivity contribution in [1.29, 1.82) is 0 Å². The first-order valence-corrected chi connectivity index (χ1v) is 4.38. The Kier molecular flexibility index (Phi) is 3.05. The lowest BCUT2D eigenvalue weighted by molar-refractivity contribution is 0.415. The summed E-state index contributed by atoms with van der Waals surface area (Å²) in [7, 11) is 1.55. The molecular weight excluding hydrogens is 251 g/mol. The maximum Gasteiger partial charge on any atom is 0.140 e. The molecule has 1 aromatic rings. The molecule has 0 radical (unpaired) electrons. The standard InChI is InChI=1S/C7H5BrCl2O/c1-11-6-3-4(9)2-5(8)7(6)10/h2-3H,1H3. The Morgan fingerprint density at radius 2 is 2.00 bits per heavy atom. The smallest absolute Gasteiger partial charge is 0.140 e. The van der Waals surface area contributed by atoms with Gasteiger partial charge in [-0.3, -0.25) is 0 Å². The van der Waals surface area contributed by atoms with Gasteiger partial charge >= 0.3 is 0 Å². The van der Waals surface area contributed by atoms with E-state index in [0.717, 1.165) is 4.47 Å². The second-order valence-corrected chi connectivity index (χ2v) is 3.57. The van der Waals surface area contributed by atoms with Crippen LogP contribution in [0, 0.1) is 0 Å². The van der Waals surface area contributed by atoms with Gasteiger partial charge in [0.05, 0.1) is 12.1 Å². The monoisotopic (exact) mass is 254 g/mol. The minimum Gasteiger partial charge on any atom is -0.495 e. The average molecular weight is 256 g/mol. The van der Waals surface area contributed by atoms with Gasteiger partial charge in [-0.05, 0) is 22.0 Å². The predicted octanol–water partition coefficient (Wildman–Crippen LogP) is 3.76. The molecule has 0 bridgehead atoms. The van der Waals surface area contributed by atoms with Gasteiger partial charge in [-0.25, -0.2) is 0 Å². The van der Waals surface area contributed by atoms with Crippen LogP contribution >= 0.6 is 39.1 Å². The van der Waals surface area contributed by atoms with E-state index in [2.05, 4.69) is 15.9 Å². The first-order chi connectivity index (χ1) is 5.15. The molecule has 0 N–H and O–H groups in total. The van der Waals surface area contributed by atoms with Gasteiger partial charge in [0.15, 0.2) is 0 Å². The van der Waals surface area contributed by atoms with Crippen molar-refractivity contribution < 1.29 is 4.74 Å². The van der Waals surface area contributed by atoms with Gasteiger partial charge in [0.2, 0.25) is 0 Å². The fourth-order valence-electron chi connectivity index (χ4n) is 0.681. The first-order valence-electron chi connectivity index (χ1n) is 2.83. The summed E-state index contributed by atoms with van der Waals surface area (Å²) in [6.45, 7) is 0.